The van der Waals surface area contributed by atoms with Crippen molar-refractivity contribution < 1.29 is 28.3 Å². The van der Waals surface area contributed by atoms with Crippen LogP contribution < -0.4 is 10.2 Å². The lowest BCUT2D eigenvalue weighted by molar-refractivity contribution is -0.137. The van der Waals surface area contributed by atoms with Crippen molar-refractivity contribution in [1.82, 2.24) is 5.32 Å². The molecule has 0 bridgehead atoms. The molecule has 0 spiro atoms. The van der Waals surface area contributed by atoms with Gasteiger partial charge in [-0.3, -0.25) is 19.3 Å². The van der Waals surface area contributed by atoms with Gasteiger partial charge in [-0.25, -0.2) is 8.78 Å². The van der Waals surface area contributed by atoms with Gasteiger partial charge < -0.3 is 10.4 Å². The number of rotatable bonds is 8. The SMILES string of the molecule is CC1(C)C(=O)N(CC(=O)NCCCCC(=O)O)c2c(F)cc(C3CC3)c(F)c21. The van der Waals surface area contributed by atoms with Crippen LogP contribution in [0, 0.1) is 11.6 Å². The van der Waals surface area contributed by atoms with Crippen LogP contribution in [0.2, 0.25) is 0 Å². The summed E-state index contributed by atoms with van der Waals surface area (Å²) in [5, 5.41) is 11.2. The molecule has 6 nitrogen and oxygen atoms in total. The minimum absolute atomic E-state index is 0.00569. The highest BCUT2D eigenvalue weighted by Gasteiger charge is 2.49. The minimum atomic E-state index is -1.26. The number of carboxylic acid groups (broad SMARTS) is 1. The Morgan fingerprint density at radius 1 is 1.29 bits per heavy atom. The lowest BCUT2D eigenvalue weighted by Gasteiger charge is -2.20. The maximum absolute atomic E-state index is 15.1. The molecule has 152 valence electrons. The first-order chi connectivity index (χ1) is 13.1. The van der Waals surface area contributed by atoms with E-state index < -0.39 is 41.4 Å². The molecule has 0 radical (unpaired) electrons. The number of carbonyl (C=O) groups is 3. The number of benzene rings is 1. The second-order valence-corrected chi connectivity index (χ2v) is 7.98. The second kappa shape index (κ2) is 7.48. The molecule has 1 heterocycles. The Morgan fingerprint density at radius 2 is 1.96 bits per heavy atom. The van der Waals surface area contributed by atoms with Gasteiger partial charge in [0.05, 0.1) is 11.1 Å². The smallest absolute Gasteiger partial charge is 0.303 e. The number of aliphatic carboxylic acids is 1. The number of hydrogen-bond acceptors (Lipinski definition) is 3. The molecule has 1 aromatic carbocycles. The highest BCUT2D eigenvalue weighted by molar-refractivity contribution is 6.10. The van der Waals surface area contributed by atoms with E-state index in [4.69, 9.17) is 5.11 Å². The Balaban J connectivity index is 1.75. The summed E-state index contributed by atoms with van der Waals surface area (Å²) in [6.07, 6.45) is 2.50. The Kier molecular flexibility index (Phi) is 5.41. The van der Waals surface area contributed by atoms with Crippen LogP contribution in [0.1, 0.15) is 63.0 Å². The summed E-state index contributed by atoms with van der Waals surface area (Å²) in [5.41, 5.74) is -1.08. The number of nitrogens with zero attached hydrogens (tertiary/aromatic N) is 1. The van der Waals surface area contributed by atoms with Gasteiger partial charge in [0, 0.05) is 18.5 Å². The predicted octanol–water partition coefficient (Wildman–Crippen LogP) is 2.84. The Labute approximate surface area is 161 Å². The van der Waals surface area contributed by atoms with Crippen LogP contribution in [0.5, 0.6) is 0 Å². The van der Waals surface area contributed by atoms with Crippen molar-refractivity contribution in [2.75, 3.05) is 18.0 Å². The summed E-state index contributed by atoms with van der Waals surface area (Å²) in [6, 6.07) is 1.15. The van der Waals surface area contributed by atoms with Gasteiger partial charge in [-0.2, -0.15) is 0 Å². The summed E-state index contributed by atoms with van der Waals surface area (Å²) >= 11 is 0. The van der Waals surface area contributed by atoms with Crippen LogP contribution in [-0.2, 0) is 19.8 Å². The first-order valence-electron chi connectivity index (χ1n) is 9.47. The van der Waals surface area contributed by atoms with E-state index in [9.17, 15) is 18.8 Å². The van der Waals surface area contributed by atoms with E-state index in [0.717, 1.165) is 23.8 Å². The molecule has 2 amide bonds. The molecule has 1 fully saturated rings. The Morgan fingerprint density at radius 3 is 2.57 bits per heavy atom. The normalized spacial score (nSPS) is 17.6. The maximum Gasteiger partial charge on any atom is 0.303 e. The summed E-state index contributed by atoms with van der Waals surface area (Å²) < 4.78 is 29.9. The highest BCUT2D eigenvalue weighted by Crippen LogP contribution is 2.50. The number of carboxylic acids is 1. The molecule has 0 unspecified atom stereocenters. The monoisotopic (exact) mass is 394 g/mol. The topological polar surface area (TPSA) is 86.7 Å². The lowest BCUT2D eigenvalue weighted by atomic mass is 9.84. The van der Waals surface area contributed by atoms with E-state index in [1.165, 1.54) is 13.8 Å². The molecule has 1 aromatic rings. The number of hydrogen-bond donors (Lipinski definition) is 2. The van der Waals surface area contributed by atoms with Crippen molar-refractivity contribution in [3.63, 3.8) is 0 Å². The molecule has 1 aliphatic heterocycles. The van der Waals surface area contributed by atoms with E-state index in [2.05, 4.69) is 5.32 Å². The van der Waals surface area contributed by atoms with Crippen molar-refractivity contribution in [2.24, 2.45) is 0 Å². The zero-order chi connectivity index (χ0) is 20.6. The largest absolute Gasteiger partial charge is 0.481 e. The summed E-state index contributed by atoms with van der Waals surface area (Å²) in [6.45, 7) is 2.92. The number of amides is 2. The molecule has 0 aromatic heterocycles. The molecule has 8 heteroatoms. The number of carbonyl (C=O) groups excluding carboxylic acids is 2. The van der Waals surface area contributed by atoms with Gasteiger partial charge in [0.15, 0.2) is 0 Å². The van der Waals surface area contributed by atoms with Crippen molar-refractivity contribution in [2.45, 2.75) is 57.3 Å². The van der Waals surface area contributed by atoms with Gasteiger partial charge in [-0.05, 0) is 57.1 Å². The minimum Gasteiger partial charge on any atom is -0.481 e. The Hall–Kier alpha value is -2.51. The second-order valence-electron chi connectivity index (χ2n) is 7.98. The molecule has 0 atom stereocenters. The third-order valence-electron chi connectivity index (χ3n) is 5.35. The standard InChI is InChI=1S/C20H24F2N2O4/c1-20(2)16-17(22)12(11-6-7-11)9-13(21)18(16)24(19(20)28)10-14(25)23-8-4-3-5-15(26)27/h9,11H,3-8,10H2,1-2H3,(H,23,25)(H,26,27). The highest BCUT2D eigenvalue weighted by atomic mass is 19.1. The predicted molar refractivity (Wildman–Crippen MR) is 98.2 cm³/mol. The molecule has 1 aliphatic carbocycles. The molecule has 0 saturated heterocycles. The fraction of sp³-hybridized carbons (Fsp3) is 0.550. The summed E-state index contributed by atoms with van der Waals surface area (Å²) in [5.74, 6) is -3.17. The van der Waals surface area contributed by atoms with E-state index in [-0.39, 0.29) is 30.1 Å². The fourth-order valence-electron chi connectivity index (χ4n) is 3.69. The number of nitrogens with one attached hydrogen (secondary N) is 1. The van der Waals surface area contributed by atoms with Crippen LogP contribution >= 0.6 is 0 Å². The van der Waals surface area contributed by atoms with Crippen molar-refractivity contribution in [3.05, 3.63) is 28.8 Å². The van der Waals surface area contributed by atoms with Crippen molar-refractivity contribution >= 4 is 23.5 Å². The van der Waals surface area contributed by atoms with Crippen LogP contribution in [0.15, 0.2) is 6.07 Å². The quantitative estimate of drug-likeness (QED) is 0.664. The number of fused-ring (bicyclic) bond motifs is 1. The third kappa shape index (κ3) is 3.72. The zero-order valence-corrected chi connectivity index (χ0v) is 16.0. The lowest BCUT2D eigenvalue weighted by Crippen LogP contribution is -2.43. The van der Waals surface area contributed by atoms with Gasteiger partial charge in [0.1, 0.15) is 18.2 Å². The van der Waals surface area contributed by atoms with Crippen molar-refractivity contribution in [1.29, 1.82) is 0 Å². The van der Waals surface area contributed by atoms with Gasteiger partial charge in [0.25, 0.3) is 0 Å². The van der Waals surface area contributed by atoms with Crippen LogP contribution in [-0.4, -0.2) is 36.0 Å². The molecule has 28 heavy (non-hydrogen) atoms. The average Bonchev–Trinajstić information content (AvgIpc) is 3.42. The van der Waals surface area contributed by atoms with Gasteiger partial charge >= 0.3 is 5.97 Å². The zero-order valence-electron chi connectivity index (χ0n) is 16.0. The van der Waals surface area contributed by atoms with Crippen LogP contribution in [0.25, 0.3) is 0 Å². The summed E-state index contributed by atoms with van der Waals surface area (Å²) in [4.78, 5) is 36.5. The first-order valence-corrected chi connectivity index (χ1v) is 9.47. The van der Waals surface area contributed by atoms with E-state index in [1.807, 2.05) is 0 Å². The molecular formula is C20H24F2N2O4. The maximum atomic E-state index is 15.1. The van der Waals surface area contributed by atoms with E-state index in [0.29, 0.717) is 18.4 Å². The van der Waals surface area contributed by atoms with E-state index >= 15 is 4.39 Å². The molecular weight excluding hydrogens is 370 g/mol. The average molecular weight is 394 g/mol. The van der Waals surface area contributed by atoms with Crippen LogP contribution in [0.3, 0.4) is 0 Å². The van der Waals surface area contributed by atoms with E-state index in [1.54, 1.807) is 0 Å². The molecule has 2 N–H and O–H groups in total. The number of anilines is 1. The van der Waals surface area contributed by atoms with Gasteiger partial charge in [0.2, 0.25) is 11.8 Å². The van der Waals surface area contributed by atoms with Crippen molar-refractivity contribution in [3.8, 4) is 0 Å². The fourth-order valence-corrected chi connectivity index (χ4v) is 3.69. The first kappa shape index (κ1) is 20.2. The number of halogens is 2. The van der Waals surface area contributed by atoms with Gasteiger partial charge in [-0.1, -0.05) is 0 Å². The molecule has 2 aliphatic rings. The third-order valence-corrected chi connectivity index (χ3v) is 5.35. The number of unbranched alkanes of at least 4 members (excludes halogenated alkanes) is 1. The Bertz CT molecular complexity index is 834. The molecule has 3 rings (SSSR count). The van der Waals surface area contributed by atoms with Crippen LogP contribution in [0.4, 0.5) is 14.5 Å². The summed E-state index contributed by atoms with van der Waals surface area (Å²) in [7, 11) is 0. The van der Waals surface area contributed by atoms with Gasteiger partial charge in [-0.15, -0.1) is 0 Å². The molecule has 1 saturated carbocycles.